The van der Waals surface area contributed by atoms with Crippen molar-refractivity contribution >= 4 is 5.84 Å². The average Bonchev–Trinajstić information content (AvgIpc) is 2.86. The number of hydrogen-bond acceptors (Lipinski definition) is 5. The van der Waals surface area contributed by atoms with Gasteiger partial charge < -0.3 is 15.7 Å². The molecule has 0 aliphatic heterocycles. The molecule has 0 aliphatic rings. The minimum absolute atomic E-state index is 0.00727. The number of amidine groups is 1. The average molecular weight is 247 g/mol. The SMILES string of the molecule is CCn1cc(Oc2ccc(/C(N)=N/O)cn2)cn1. The fourth-order valence-electron chi connectivity index (χ4n) is 1.34. The van der Waals surface area contributed by atoms with Crippen molar-refractivity contribution in [1.29, 1.82) is 0 Å². The second kappa shape index (κ2) is 5.17. The minimum Gasteiger partial charge on any atom is -0.436 e. The van der Waals surface area contributed by atoms with Crippen LogP contribution in [0.15, 0.2) is 35.9 Å². The fourth-order valence-corrected chi connectivity index (χ4v) is 1.34. The van der Waals surface area contributed by atoms with E-state index >= 15 is 0 Å². The van der Waals surface area contributed by atoms with E-state index < -0.39 is 0 Å². The third-order valence-corrected chi connectivity index (χ3v) is 2.30. The summed E-state index contributed by atoms with van der Waals surface area (Å²) in [5.41, 5.74) is 5.95. The van der Waals surface area contributed by atoms with E-state index in [0.29, 0.717) is 17.2 Å². The summed E-state index contributed by atoms with van der Waals surface area (Å²) in [5.74, 6) is 1.04. The molecule has 0 unspecified atom stereocenters. The zero-order valence-electron chi connectivity index (χ0n) is 9.82. The van der Waals surface area contributed by atoms with Crippen molar-refractivity contribution in [1.82, 2.24) is 14.8 Å². The molecule has 0 aromatic carbocycles. The van der Waals surface area contributed by atoms with Crippen LogP contribution in [0.5, 0.6) is 11.6 Å². The molecule has 2 aromatic rings. The van der Waals surface area contributed by atoms with Gasteiger partial charge in [-0.1, -0.05) is 5.16 Å². The molecule has 2 aromatic heterocycles. The quantitative estimate of drug-likeness (QED) is 0.366. The number of ether oxygens (including phenoxy) is 1. The lowest BCUT2D eigenvalue weighted by Gasteiger charge is -2.02. The van der Waals surface area contributed by atoms with E-state index in [1.807, 2.05) is 6.92 Å². The van der Waals surface area contributed by atoms with Gasteiger partial charge in [0.15, 0.2) is 11.6 Å². The van der Waals surface area contributed by atoms with Crippen molar-refractivity contribution in [3.63, 3.8) is 0 Å². The molecule has 0 radical (unpaired) electrons. The van der Waals surface area contributed by atoms with E-state index in [-0.39, 0.29) is 5.84 Å². The minimum atomic E-state index is 0.00727. The largest absolute Gasteiger partial charge is 0.436 e. The van der Waals surface area contributed by atoms with Crippen LogP contribution in [0, 0.1) is 0 Å². The predicted molar refractivity (Wildman–Crippen MR) is 64.7 cm³/mol. The predicted octanol–water partition coefficient (Wildman–Crippen LogP) is 1.18. The van der Waals surface area contributed by atoms with Crippen molar-refractivity contribution < 1.29 is 9.94 Å². The molecule has 0 aliphatic carbocycles. The first kappa shape index (κ1) is 11.9. The molecule has 7 nitrogen and oxygen atoms in total. The molecule has 94 valence electrons. The van der Waals surface area contributed by atoms with E-state index in [1.165, 1.54) is 6.20 Å². The molecule has 0 saturated heterocycles. The number of rotatable bonds is 4. The van der Waals surface area contributed by atoms with Gasteiger partial charge in [-0.25, -0.2) is 4.98 Å². The lowest BCUT2D eigenvalue weighted by atomic mass is 10.3. The number of aromatic nitrogens is 3. The Morgan fingerprint density at radius 1 is 1.50 bits per heavy atom. The van der Waals surface area contributed by atoms with Crippen LogP contribution in [0.2, 0.25) is 0 Å². The van der Waals surface area contributed by atoms with Crippen LogP contribution in [0.1, 0.15) is 12.5 Å². The van der Waals surface area contributed by atoms with Gasteiger partial charge in [0.25, 0.3) is 0 Å². The van der Waals surface area contributed by atoms with Gasteiger partial charge in [-0.15, -0.1) is 0 Å². The molecule has 2 heterocycles. The maximum Gasteiger partial charge on any atom is 0.219 e. The van der Waals surface area contributed by atoms with E-state index in [4.69, 9.17) is 15.7 Å². The Balaban J connectivity index is 2.10. The summed E-state index contributed by atoms with van der Waals surface area (Å²) in [6.07, 6.45) is 4.86. The fraction of sp³-hybridized carbons (Fsp3) is 0.182. The third kappa shape index (κ3) is 2.57. The molecule has 0 amide bonds. The monoisotopic (exact) mass is 247 g/mol. The van der Waals surface area contributed by atoms with Crippen molar-refractivity contribution in [2.24, 2.45) is 10.9 Å². The summed E-state index contributed by atoms with van der Waals surface area (Å²) in [4.78, 5) is 4.05. The van der Waals surface area contributed by atoms with Gasteiger partial charge >= 0.3 is 0 Å². The normalized spacial score (nSPS) is 11.5. The topological polar surface area (TPSA) is 98.5 Å². The number of hydrogen-bond donors (Lipinski definition) is 2. The Labute approximate surface area is 104 Å². The van der Waals surface area contributed by atoms with Crippen LogP contribution in [-0.2, 0) is 6.54 Å². The lowest BCUT2D eigenvalue weighted by molar-refractivity contribution is 0.318. The van der Waals surface area contributed by atoms with Crippen LogP contribution in [0.4, 0.5) is 0 Å². The summed E-state index contributed by atoms with van der Waals surface area (Å²) in [6.45, 7) is 2.76. The van der Waals surface area contributed by atoms with Gasteiger partial charge in [-0.3, -0.25) is 4.68 Å². The molecule has 7 heteroatoms. The first-order valence-corrected chi connectivity index (χ1v) is 5.37. The number of oxime groups is 1. The lowest BCUT2D eigenvalue weighted by Crippen LogP contribution is -2.13. The van der Waals surface area contributed by atoms with Gasteiger partial charge in [0.1, 0.15) is 0 Å². The Morgan fingerprint density at radius 3 is 2.89 bits per heavy atom. The van der Waals surface area contributed by atoms with Crippen LogP contribution >= 0.6 is 0 Å². The smallest absolute Gasteiger partial charge is 0.219 e. The van der Waals surface area contributed by atoms with Crippen LogP contribution in [0.25, 0.3) is 0 Å². The van der Waals surface area contributed by atoms with Crippen molar-refractivity contribution in [3.05, 3.63) is 36.3 Å². The highest BCUT2D eigenvalue weighted by Crippen LogP contribution is 2.18. The molecule has 18 heavy (non-hydrogen) atoms. The Hall–Kier alpha value is -2.57. The number of nitrogens with two attached hydrogens (primary N) is 1. The zero-order chi connectivity index (χ0) is 13.0. The van der Waals surface area contributed by atoms with E-state index in [1.54, 1.807) is 29.2 Å². The van der Waals surface area contributed by atoms with Crippen LogP contribution < -0.4 is 10.5 Å². The van der Waals surface area contributed by atoms with E-state index in [2.05, 4.69) is 15.2 Å². The van der Waals surface area contributed by atoms with Gasteiger partial charge in [-0.2, -0.15) is 5.10 Å². The zero-order valence-corrected chi connectivity index (χ0v) is 9.82. The summed E-state index contributed by atoms with van der Waals surface area (Å²) in [6, 6.07) is 3.29. The van der Waals surface area contributed by atoms with Crippen molar-refractivity contribution in [2.75, 3.05) is 0 Å². The number of aryl methyl sites for hydroxylation is 1. The molecular weight excluding hydrogens is 234 g/mol. The molecule has 0 atom stereocenters. The summed E-state index contributed by atoms with van der Waals surface area (Å²) < 4.78 is 7.24. The molecule has 0 bridgehead atoms. The first-order chi connectivity index (χ1) is 8.72. The Bertz CT molecular complexity index is 547. The van der Waals surface area contributed by atoms with Crippen LogP contribution in [0.3, 0.4) is 0 Å². The van der Waals surface area contributed by atoms with Gasteiger partial charge in [0.05, 0.1) is 12.4 Å². The highest BCUT2D eigenvalue weighted by molar-refractivity contribution is 5.96. The Morgan fingerprint density at radius 2 is 2.33 bits per heavy atom. The highest BCUT2D eigenvalue weighted by atomic mass is 16.5. The van der Waals surface area contributed by atoms with Crippen molar-refractivity contribution in [3.8, 4) is 11.6 Å². The standard InChI is InChI=1S/C11H13N5O2/c1-2-16-7-9(6-14-16)18-10-4-3-8(5-13-10)11(12)15-17/h3-7,17H,2H2,1H3,(H2,12,15). The maximum absolute atomic E-state index is 8.52. The number of pyridine rings is 1. The van der Waals surface area contributed by atoms with E-state index in [9.17, 15) is 0 Å². The third-order valence-electron chi connectivity index (χ3n) is 2.30. The van der Waals surface area contributed by atoms with Gasteiger partial charge in [0, 0.05) is 24.4 Å². The summed E-state index contributed by atoms with van der Waals surface area (Å²) in [7, 11) is 0. The Kier molecular flexibility index (Phi) is 3.42. The van der Waals surface area contributed by atoms with Gasteiger partial charge in [0.2, 0.25) is 5.88 Å². The molecule has 0 fully saturated rings. The van der Waals surface area contributed by atoms with Gasteiger partial charge in [-0.05, 0) is 13.0 Å². The number of nitrogens with zero attached hydrogens (tertiary/aromatic N) is 4. The van der Waals surface area contributed by atoms with Crippen LogP contribution in [-0.4, -0.2) is 25.8 Å². The molecule has 0 spiro atoms. The second-order valence-corrected chi connectivity index (χ2v) is 3.50. The van der Waals surface area contributed by atoms with Crippen molar-refractivity contribution in [2.45, 2.75) is 13.5 Å². The molecule has 0 saturated carbocycles. The molecule has 2 rings (SSSR count). The summed E-state index contributed by atoms with van der Waals surface area (Å²) >= 11 is 0. The molecule has 3 N–H and O–H groups in total. The second-order valence-electron chi connectivity index (χ2n) is 3.50. The highest BCUT2D eigenvalue weighted by Gasteiger charge is 2.03. The summed E-state index contributed by atoms with van der Waals surface area (Å²) in [5, 5.41) is 15.5. The first-order valence-electron chi connectivity index (χ1n) is 5.37. The maximum atomic E-state index is 8.52. The van der Waals surface area contributed by atoms with E-state index in [0.717, 1.165) is 6.54 Å². The molecular formula is C11H13N5O2.